The van der Waals surface area contributed by atoms with Gasteiger partial charge in [0.15, 0.2) is 73.6 Å². The summed E-state index contributed by atoms with van der Waals surface area (Å²) < 4.78 is 17.1. The highest BCUT2D eigenvalue weighted by Gasteiger charge is 2.41. The molecule has 1 aromatic carbocycles. The second-order valence-electron chi connectivity index (χ2n) is 32.9. The summed E-state index contributed by atoms with van der Waals surface area (Å²) in [6.45, 7) is 18.8. The number of nitrogens with one attached hydrogen (secondary N) is 5. The van der Waals surface area contributed by atoms with Gasteiger partial charge in [-0.1, -0.05) is 23.7 Å². The topological polar surface area (TPSA) is 412 Å². The summed E-state index contributed by atoms with van der Waals surface area (Å²) >= 11 is 6.29. The first kappa shape index (κ1) is 80.4. The number of methoxy groups -OCH3 is 1. The Hall–Kier alpha value is -13.3. The number of carbonyl (C=O) groups excluding carboxylic acids is 4. The summed E-state index contributed by atoms with van der Waals surface area (Å²) in [5.74, 6) is 8.62. The number of fused-ring (bicyclic) bond motifs is 6. The maximum absolute atomic E-state index is 12.4. The van der Waals surface area contributed by atoms with Gasteiger partial charge in [-0.05, 0) is 136 Å². The van der Waals surface area contributed by atoms with E-state index in [9.17, 15) is 19.2 Å². The van der Waals surface area contributed by atoms with Gasteiger partial charge in [-0.25, -0.2) is 89.5 Å². The maximum Gasteiger partial charge on any atom is 0.317 e. The van der Waals surface area contributed by atoms with E-state index < -0.39 is 0 Å². The molecule has 38 nitrogen and oxygen atoms in total. The zero-order valence-electron chi connectivity index (χ0n) is 70.3. The van der Waals surface area contributed by atoms with E-state index in [1.54, 1.807) is 61.0 Å². The smallest absolute Gasteiger partial charge is 0.317 e. The van der Waals surface area contributed by atoms with Gasteiger partial charge in [0.05, 0.1) is 29.9 Å². The molecule has 0 spiro atoms. The molecule has 39 heteroatoms. The Morgan fingerprint density at radius 3 is 1.31 bits per heavy atom. The first-order valence-corrected chi connectivity index (χ1v) is 43.5. The van der Waals surface area contributed by atoms with Gasteiger partial charge in [0.25, 0.3) is 0 Å². The van der Waals surface area contributed by atoms with Crippen LogP contribution in [0.1, 0.15) is 111 Å². The van der Waals surface area contributed by atoms with E-state index in [0.29, 0.717) is 103 Å². The van der Waals surface area contributed by atoms with Crippen molar-refractivity contribution in [1.29, 1.82) is 0 Å². The van der Waals surface area contributed by atoms with E-state index in [4.69, 9.17) is 36.3 Å². The molecule has 17 heterocycles. The monoisotopic (exact) mass is 1700 g/mol. The molecular weight excluding hydrogens is 1600 g/mol. The number of likely N-dealkylation sites (tertiary alicyclic amines) is 4. The average molecular weight is 1700 g/mol. The second-order valence-corrected chi connectivity index (χ2v) is 33.3. The number of amides is 5. The number of ether oxygens (including phenoxy) is 1. The zero-order valence-corrected chi connectivity index (χ0v) is 71.0. The summed E-state index contributed by atoms with van der Waals surface area (Å²) in [5, 5.41) is 22.8. The number of hydrogen-bond acceptors (Lipinski definition) is 27. The lowest BCUT2D eigenvalue weighted by Crippen LogP contribution is -2.40. The van der Waals surface area contributed by atoms with Crippen LogP contribution in [0.2, 0.25) is 5.02 Å². The van der Waals surface area contributed by atoms with Crippen LogP contribution in [0.5, 0.6) is 5.88 Å². The van der Waals surface area contributed by atoms with Crippen LogP contribution in [0.15, 0.2) is 99.0 Å². The van der Waals surface area contributed by atoms with E-state index in [0.717, 1.165) is 223 Å². The molecule has 124 heavy (non-hydrogen) atoms. The summed E-state index contributed by atoms with van der Waals surface area (Å²) in [5.41, 5.74) is 11.3. The quantitative estimate of drug-likeness (QED) is 0.0446. The number of urea groups is 1. The zero-order chi connectivity index (χ0) is 85.0. The van der Waals surface area contributed by atoms with Crippen molar-refractivity contribution < 1.29 is 23.9 Å². The molecule has 14 aromatic rings. The average Bonchev–Trinajstić information content (AvgIpc) is 1.61. The number of aryl methyl sites for hydroxylation is 6. The normalized spacial score (nSPS) is 18.7. The number of nitrogens with zero attached hydrogens (tertiary/aromatic N) is 28. The number of imidazole rings is 5. The molecule has 4 atom stereocenters. The highest BCUT2D eigenvalue weighted by Crippen LogP contribution is 2.39. The largest absolute Gasteiger partial charge is 0.480 e. The third kappa shape index (κ3) is 16.4. The van der Waals surface area contributed by atoms with E-state index in [1.165, 1.54) is 7.11 Å². The van der Waals surface area contributed by atoms with Crippen LogP contribution in [0.3, 0.4) is 0 Å². The number of pyridine rings is 2. The van der Waals surface area contributed by atoms with Gasteiger partial charge < -0.3 is 64.6 Å². The molecule has 4 saturated carbocycles. The minimum Gasteiger partial charge on any atom is -0.480 e. The molecule has 5 amide bonds. The third-order valence-corrected chi connectivity index (χ3v) is 24.5. The Kier molecular flexibility index (Phi) is 22.2. The molecule has 5 N–H and O–H groups in total. The summed E-state index contributed by atoms with van der Waals surface area (Å²) in [4.78, 5) is 135. The molecule has 8 fully saturated rings. The van der Waals surface area contributed by atoms with Crippen molar-refractivity contribution in [3.63, 3.8) is 0 Å². The SMILES string of the molecule is CCn1c(-c2cnc(C)nc2)nc2c(N[C@H]3CCN(C(=O)NC4CC4)C3)ncnc21.CCn1c(-c2cnc(OC)c(Cl)c2)nc2c(N[C@H]3CCN(C(=O)C4CC4)C3)ncnc21.CCn1c(-c2cnc3c(cnn3C)c2)nc2c(N[C@H]3CCN(C(=O)C4CC4)C3)ncnc21.CCn1c(-n2cnc3ccccc32)nc2c(N[C@H]3CCN(C(=O)C4CC4)C3)ncnc21. The summed E-state index contributed by atoms with van der Waals surface area (Å²) in [6, 6.07) is 12.9. The van der Waals surface area contributed by atoms with Crippen molar-refractivity contribution in [3.05, 3.63) is 110 Å². The highest BCUT2D eigenvalue weighted by atomic mass is 35.5. The van der Waals surface area contributed by atoms with Gasteiger partial charge in [-0.2, -0.15) is 5.10 Å². The van der Waals surface area contributed by atoms with E-state index in [1.807, 2.05) is 90.9 Å². The van der Waals surface area contributed by atoms with Crippen LogP contribution < -0.4 is 31.3 Å². The molecule has 8 aliphatic rings. The molecule has 13 aromatic heterocycles. The Labute approximate surface area is 717 Å². The van der Waals surface area contributed by atoms with Crippen molar-refractivity contribution in [2.75, 3.05) is 80.7 Å². The summed E-state index contributed by atoms with van der Waals surface area (Å²) in [7, 11) is 3.41. The van der Waals surface area contributed by atoms with Crippen LogP contribution in [-0.2, 0) is 47.6 Å². The fraction of sp³-hybridized carbons (Fsp3) is 0.459. The summed E-state index contributed by atoms with van der Waals surface area (Å²) in [6.07, 6.45) is 28.9. The Balaban J connectivity index is 0.000000108. The predicted molar refractivity (Wildman–Crippen MR) is 466 cm³/mol. The molecular formula is C85H98ClN33O5. The van der Waals surface area contributed by atoms with Gasteiger partial charge in [0.1, 0.15) is 60.0 Å². The van der Waals surface area contributed by atoms with E-state index >= 15 is 0 Å². The van der Waals surface area contributed by atoms with Gasteiger partial charge in [0, 0.05) is 175 Å². The first-order chi connectivity index (χ1) is 60.5. The lowest BCUT2D eigenvalue weighted by molar-refractivity contribution is -0.132. The molecule has 4 aliphatic carbocycles. The minimum absolute atomic E-state index is 0.0338. The Morgan fingerprint density at radius 1 is 0.444 bits per heavy atom. The number of anilines is 4. The highest BCUT2D eigenvalue weighted by molar-refractivity contribution is 6.32. The lowest BCUT2D eigenvalue weighted by Gasteiger charge is -2.18. The van der Waals surface area contributed by atoms with Crippen LogP contribution in [0.4, 0.5) is 28.1 Å². The number of carbonyl (C=O) groups is 4. The molecule has 22 rings (SSSR count). The van der Waals surface area contributed by atoms with Crippen molar-refractivity contribution in [3.8, 4) is 46.0 Å². The third-order valence-electron chi connectivity index (χ3n) is 24.2. The van der Waals surface area contributed by atoms with Gasteiger partial charge in [-0.15, -0.1) is 0 Å². The molecule has 0 radical (unpaired) electrons. The van der Waals surface area contributed by atoms with Crippen molar-refractivity contribution in [2.45, 2.75) is 168 Å². The van der Waals surface area contributed by atoms with Crippen LogP contribution in [-0.4, -0.2) is 250 Å². The van der Waals surface area contributed by atoms with Crippen molar-refractivity contribution in [2.24, 2.45) is 24.8 Å². The fourth-order valence-corrected chi connectivity index (χ4v) is 17.3. The first-order valence-electron chi connectivity index (χ1n) is 43.1. The van der Waals surface area contributed by atoms with Gasteiger partial charge in [0.2, 0.25) is 29.5 Å². The molecule has 0 bridgehead atoms. The Morgan fingerprint density at radius 2 is 0.863 bits per heavy atom. The predicted octanol–water partition coefficient (Wildman–Crippen LogP) is 9.79. The Bertz CT molecular complexity index is 6360. The van der Waals surface area contributed by atoms with Gasteiger partial charge >= 0.3 is 6.03 Å². The number of halogens is 1. The molecule has 0 unspecified atom stereocenters. The number of para-hydroxylation sites is 2. The molecule has 640 valence electrons. The minimum atomic E-state index is 0.0338. The number of benzene rings is 1. The van der Waals surface area contributed by atoms with Gasteiger partial charge in [-0.3, -0.25) is 28.2 Å². The number of aromatic nitrogens is 24. The molecule has 4 aliphatic heterocycles. The standard InChI is InChI=1S/C22H25N9O.C22H24N8O.C21H24ClN7O2.C20H25N9O/c1-3-31-20(14-8-15-10-26-29(2)19(15)23-9-14)28-17-18(24-12-25-21(17)31)27-16-6-7-30(11-16)22(32)13-4-5-13;1-2-29-20-18(27-22(29)30-13-25-16-5-3-4-6-17(16)30)19(23-12-24-20)26-15-9-10-28(11-15)21(31)14-7-8-14;1-3-29-18(13-8-15(22)20(31-2)23-9-13)27-16-17(24-11-25-19(16)29)26-14-6-7-28(10-14)21(30)12-4-5-12;1-3-29-18(13-8-21-12(2)22-9-13)27-16-17(23-11-24-19(16)29)25-15-6-7-28(10-15)20(30)26-14-4-5-14/h8-10,12-13,16H,3-7,11H2,1-2H3,(H,24,25,27);3-6,12-15H,2,7-11H2,1H3,(H,23,24,26);8-9,11-12,14H,3-7,10H2,1-2H3,(H,24,25,26);8-9,11,14-15H,3-7,10H2,1-2H3,(H,26,30)(H,23,24,25)/t16-;15-;14-;15-/m0000/s1. The molecule has 4 saturated heterocycles. The van der Waals surface area contributed by atoms with Crippen LogP contribution in [0, 0.1) is 24.7 Å². The van der Waals surface area contributed by atoms with Crippen LogP contribution in [0.25, 0.3) is 107 Å². The maximum atomic E-state index is 12.4. The lowest BCUT2D eigenvalue weighted by atomic mass is 10.2. The second kappa shape index (κ2) is 34.2. The number of rotatable bonds is 21. The van der Waals surface area contributed by atoms with E-state index in [2.05, 4.69) is 132 Å². The van der Waals surface area contributed by atoms with Crippen molar-refractivity contribution >= 4 is 125 Å². The van der Waals surface area contributed by atoms with E-state index in [-0.39, 0.29) is 48.0 Å². The van der Waals surface area contributed by atoms with Crippen LogP contribution >= 0.6 is 11.6 Å². The fourth-order valence-electron chi connectivity index (χ4n) is 17.0. The van der Waals surface area contributed by atoms with Crippen molar-refractivity contribution in [1.82, 2.24) is 142 Å². The number of hydrogen-bond donors (Lipinski definition) is 5.